The Balaban J connectivity index is 2.07. The number of carbonyl (C=O) groups is 1. The minimum Gasteiger partial charge on any atom is -0.479 e. The van der Waals surface area contributed by atoms with E-state index in [4.69, 9.17) is 27.9 Å². The van der Waals surface area contributed by atoms with E-state index in [9.17, 15) is 4.79 Å². The molecule has 0 saturated heterocycles. The van der Waals surface area contributed by atoms with Gasteiger partial charge in [0, 0.05) is 30.5 Å². The number of hydrogen-bond donors (Lipinski definition) is 1. The van der Waals surface area contributed by atoms with Crippen LogP contribution in [0.3, 0.4) is 0 Å². The largest absolute Gasteiger partial charge is 0.479 e. The van der Waals surface area contributed by atoms with E-state index in [1.165, 1.54) is 0 Å². The van der Waals surface area contributed by atoms with Gasteiger partial charge in [-0.25, -0.2) is 0 Å². The molecule has 1 unspecified atom stereocenters. The second-order valence-electron chi connectivity index (χ2n) is 5.72. The summed E-state index contributed by atoms with van der Waals surface area (Å²) in [6.07, 6.45) is -0.701. The molecule has 0 aliphatic rings. The van der Waals surface area contributed by atoms with Crippen molar-refractivity contribution in [2.75, 3.05) is 24.3 Å². The molecular formula is C18H20Cl2N2O2. The van der Waals surface area contributed by atoms with Gasteiger partial charge in [0.05, 0.1) is 5.02 Å². The summed E-state index contributed by atoms with van der Waals surface area (Å²) in [6.45, 7) is 3.69. The molecule has 0 heterocycles. The summed E-state index contributed by atoms with van der Waals surface area (Å²) >= 11 is 11.9. The third-order valence-electron chi connectivity index (χ3n) is 3.53. The number of ether oxygens (including phenoxy) is 1. The van der Waals surface area contributed by atoms with Crippen molar-refractivity contribution in [2.24, 2.45) is 0 Å². The van der Waals surface area contributed by atoms with E-state index in [0.29, 0.717) is 21.5 Å². The van der Waals surface area contributed by atoms with Crippen LogP contribution in [0.4, 0.5) is 11.4 Å². The van der Waals surface area contributed by atoms with Crippen molar-refractivity contribution in [3.05, 3.63) is 52.0 Å². The van der Waals surface area contributed by atoms with Crippen LogP contribution in [-0.2, 0) is 4.79 Å². The molecule has 4 nitrogen and oxygen atoms in total. The third-order valence-corrected chi connectivity index (χ3v) is 4.06. The number of carbonyl (C=O) groups excluding carboxylic acids is 1. The van der Waals surface area contributed by atoms with Crippen molar-refractivity contribution in [3.8, 4) is 5.75 Å². The van der Waals surface area contributed by atoms with Crippen LogP contribution in [-0.4, -0.2) is 26.1 Å². The number of anilines is 2. The maximum atomic E-state index is 12.3. The van der Waals surface area contributed by atoms with Gasteiger partial charge in [0.1, 0.15) is 5.75 Å². The van der Waals surface area contributed by atoms with E-state index in [1.807, 2.05) is 44.1 Å². The van der Waals surface area contributed by atoms with E-state index in [0.717, 1.165) is 11.3 Å². The maximum absolute atomic E-state index is 12.3. The highest BCUT2D eigenvalue weighted by Crippen LogP contribution is 2.28. The number of halogens is 2. The van der Waals surface area contributed by atoms with Crippen LogP contribution in [0.5, 0.6) is 5.75 Å². The Labute approximate surface area is 152 Å². The fourth-order valence-corrected chi connectivity index (χ4v) is 2.68. The van der Waals surface area contributed by atoms with E-state index in [-0.39, 0.29) is 5.91 Å². The molecular weight excluding hydrogens is 347 g/mol. The molecule has 2 rings (SSSR count). The van der Waals surface area contributed by atoms with E-state index < -0.39 is 6.10 Å². The van der Waals surface area contributed by atoms with Gasteiger partial charge >= 0.3 is 0 Å². The van der Waals surface area contributed by atoms with Crippen LogP contribution in [0.25, 0.3) is 0 Å². The molecule has 0 aromatic heterocycles. The van der Waals surface area contributed by atoms with Gasteiger partial charge in [-0.1, -0.05) is 29.3 Å². The Hall–Kier alpha value is -1.91. The summed E-state index contributed by atoms with van der Waals surface area (Å²) in [6, 6.07) is 10.6. The number of hydrogen-bond acceptors (Lipinski definition) is 3. The molecule has 2 aromatic rings. The predicted octanol–water partition coefficient (Wildman–Crippen LogP) is 4.77. The van der Waals surface area contributed by atoms with Crippen LogP contribution in [0, 0.1) is 6.92 Å². The highest BCUT2D eigenvalue weighted by Gasteiger charge is 2.17. The van der Waals surface area contributed by atoms with Gasteiger partial charge in [-0.3, -0.25) is 4.79 Å². The van der Waals surface area contributed by atoms with Gasteiger partial charge in [0.2, 0.25) is 0 Å². The first-order valence-electron chi connectivity index (χ1n) is 7.48. The molecule has 0 saturated carbocycles. The molecule has 2 aromatic carbocycles. The van der Waals surface area contributed by atoms with E-state index in [1.54, 1.807) is 25.1 Å². The van der Waals surface area contributed by atoms with Gasteiger partial charge in [-0.2, -0.15) is 0 Å². The first kappa shape index (κ1) is 18.4. The minimum absolute atomic E-state index is 0.255. The van der Waals surface area contributed by atoms with Crippen LogP contribution >= 0.6 is 23.2 Å². The highest BCUT2D eigenvalue weighted by atomic mass is 35.5. The number of amides is 1. The zero-order valence-corrected chi connectivity index (χ0v) is 15.6. The molecule has 0 aliphatic carbocycles. The molecule has 6 heteroatoms. The smallest absolute Gasteiger partial charge is 0.265 e. The van der Waals surface area contributed by atoms with Gasteiger partial charge in [0.25, 0.3) is 5.91 Å². The minimum atomic E-state index is -0.701. The summed E-state index contributed by atoms with van der Waals surface area (Å²) in [5.41, 5.74) is 2.89. The summed E-state index contributed by atoms with van der Waals surface area (Å²) in [7, 11) is 3.92. The molecule has 0 bridgehead atoms. The van der Waals surface area contributed by atoms with Crippen LogP contribution < -0.4 is 15.0 Å². The average Bonchev–Trinajstić information content (AvgIpc) is 2.51. The lowest BCUT2D eigenvalue weighted by atomic mass is 10.1. The molecule has 24 heavy (non-hydrogen) atoms. The Morgan fingerprint density at radius 3 is 2.50 bits per heavy atom. The summed E-state index contributed by atoms with van der Waals surface area (Å²) in [4.78, 5) is 14.3. The van der Waals surface area contributed by atoms with Crippen molar-refractivity contribution in [1.29, 1.82) is 0 Å². The number of rotatable bonds is 5. The zero-order chi connectivity index (χ0) is 17.9. The Bertz CT molecular complexity index is 748. The lowest BCUT2D eigenvalue weighted by Gasteiger charge is -2.19. The van der Waals surface area contributed by atoms with Crippen molar-refractivity contribution in [2.45, 2.75) is 20.0 Å². The Morgan fingerprint density at radius 1 is 1.17 bits per heavy atom. The lowest BCUT2D eigenvalue weighted by molar-refractivity contribution is -0.122. The molecule has 0 spiro atoms. The fourth-order valence-electron chi connectivity index (χ4n) is 2.23. The fraction of sp³-hybridized carbons (Fsp3) is 0.278. The molecule has 0 radical (unpaired) electrons. The normalized spacial score (nSPS) is 11.8. The Morgan fingerprint density at radius 2 is 1.88 bits per heavy atom. The zero-order valence-electron chi connectivity index (χ0n) is 14.1. The second kappa shape index (κ2) is 7.77. The highest BCUT2D eigenvalue weighted by molar-refractivity contribution is 6.35. The summed E-state index contributed by atoms with van der Waals surface area (Å²) in [5, 5.41) is 3.74. The second-order valence-corrected chi connectivity index (χ2v) is 6.56. The first-order chi connectivity index (χ1) is 11.3. The standard InChI is InChI=1S/C18H20Cl2N2O2/c1-11-5-7-14(10-16(11)22(3)4)21-18(23)12(2)24-17-8-6-13(19)9-15(17)20/h5-10,12H,1-4H3,(H,21,23). The maximum Gasteiger partial charge on any atom is 0.265 e. The first-order valence-corrected chi connectivity index (χ1v) is 8.24. The van der Waals surface area contributed by atoms with Crippen molar-refractivity contribution in [1.82, 2.24) is 0 Å². The monoisotopic (exact) mass is 366 g/mol. The summed E-state index contributed by atoms with van der Waals surface area (Å²) < 4.78 is 5.62. The topological polar surface area (TPSA) is 41.6 Å². The number of aryl methyl sites for hydroxylation is 1. The van der Waals surface area contributed by atoms with Crippen LogP contribution in [0.1, 0.15) is 12.5 Å². The molecule has 1 atom stereocenters. The molecule has 0 aliphatic heterocycles. The van der Waals surface area contributed by atoms with Gasteiger partial charge in [-0.05, 0) is 49.7 Å². The molecule has 0 fully saturated rings. The molecule has 1 N–H and O–H groups in total. The predicted molar refractivity (Wildman–Crippen MR) is 101 cm³/mol. The van der Waals surface area contributed by atoms with Crippen molar-refractivity contribution < 1.29 is 9.53 Å². The summed E-state index contributed by atoms with van der Waals surface area (Å²) in [5.74, 6) is 0.163. The van der Waals surface area contributed by atoms with E-state index >= 15 is 0 Å². The number of nitrogens with one attached hydrogen (secondary N) is 1. The average molecular weight is 367 g/mol. The number of benzene rings is 2. The van der Waals surface area contributed by atoms with Crippen molar-refractivity contribution >= 4 is 40.5 Å². The van der Waals surface area contributed by atoms with Crippen LogP contribution in [0.15, 0.2) is 36.4 Å². The Kier molecular flexibility index (Phi) is 5.97. The SMILES string of the molecule is Cc1ccc(NC(=O)C(C)Oc2ccc(Cl)cc2Cl)cc1N(C)C. The quantitative estimate of drug-likeness (QED) is 0.828. The number of nitrogens with zero attached hydrogens (tertiary/aromatic N) is 1. The lowest BCUT2D eigenvalue weighted by Crippen LogP contribution is -2.30. The van der Waals surface area contributed by atoms with E-state index in [2.05, 4.69) is 5.32 Å². The van der Waals surface area contributed by atoms with Gasteiger partial charge < -0.3 is 15.0 Å². The third kappa shape index (κ3) is 4.56. The van der Waals surface area contributed by atoms with Gasteiger partial charge in [-0.15, -0.1) is 0 Å². The van der Waals surface area contributed by atoms with Crippen LogP contribution in [0.2, 0.25) is 10.0 Å². The van der Waals surface area contributed by atoms with Gasteiger partial charge in [0.15, 0.2) is 6.10 Å². The molecule has 128 valence electrons. The molecule has 1 amide bonds. The van der Waals surface area contributed by atoms with Crippen molar-refractivity contribution in [3.63, 3.8) is 0 Å².